The Morgan fingerprint density at radius 1 is 1.47 bits per heavy atom. The molecule has 0 bridgehead atoms. The van der Waals surface area contributed by atoms with Crippen molar-refractivity contribution >= 4 is 22.5 Å². The fraction of sp³-hybridized carbons (Fsp3) is 0.273. The van der Waals surface area contributed by atoms with Crippen LogP contribution in [-0.2, 0) is 0 Å². The van der Waals surface area contributed by atoms with Crippen LogP contribution in [-0.4, -0.2) is 9.97 Å². The quantitative estimate of drug-likeness (QED) is 0.754. The third-order valence-electron chi connectivity index (χ3n) is 2.33. The molecule has 2 aromatic rings. The SMILES string of the molecule is Cc1cccc2c(=O)[nH]c(C(C)Cl)nc12. The number of benzene rings is 1. The van der Waals surface area contributed by atoms with Crippen LogP contribution >= 0.6 is 11.6 Å². The lowest BCUT2D eigenvalue weighted by molar-refractivity contribution is 0.913. The van der Waals surface area contributed by atoms with Crippen molar-refractivity contribution in [3.8, 4) is 0 Å². The van der Waals surface area contributed by atoms with Crippen LogP contribution in [0.4, 0.5) is 0 Å². The summed E-state index contributed by atoms with van der Waals surface area (Å²) >= 11 is 5.90. The van der Waals surface area contributed by atoms with Gasteiger partial charge >= 0.3 is 0 Å². The van der Waals surface area contributed by atoms with Crippen molar-refractivity contribution in [1.82, 2.24) is 9.97 Å². The fourth-order valence-electron chi connectivity index (χ4n) is 1.51. The van der Waals surface area contributed by atoms with E-state index in [0.717, 1.165) is 11.1 Å². The second-order valence-corrected chi connectivity index (χ2v) is 4.19. The molecule has 0 aliphatic heterocycles. The molecule has 78 valence electrons. The summed E-state index contributed by atoms with van der Waals surface area (Å²) in [5, 5.41) is 0.317. The normalized spacial score (nSPS) is 13.0. The summed E-state index contributed by atoms with van der Waals surface area (Å²) in [7, 11) is 0. The van der Waals surface area contributed by atoms with Crippen LogP contribution in [0.25, 0.3) is 10.9 Å². The maximum Gasteiger partial charge on any atom is 0.258 e. The van der Waals surface area contributed by atoms with E-state index >= 15 is 0 Å². The zero-order valence-corrected chi connectivity index (χ0v) is 9.30. The maximum atomic E-state index is 11.7. The molecule has 0 fully saturated rings. The molecule has 4 heteroatoms. The number of H-pyrrole nitrogens is 1. The molecule has 0 aliphatic carbocycles. The van der Waals surface area contributed by atoms with Crippen LogP contribution in [0.3, 0.4) is 0 Å². The minimum atomic E-state index is -0.290. The minimum Gasteiger partial charge on any atom is -0.309 e. The number of nitrogens with one attached hydrogen (secondary N) is 1. The zero-order valence-electron chi connectivity index (χ0n) is 8.54. The zero-order chi connectivity index (χ0) is 11.0. The fourth-order valence-corrected chi connectivity index (χ4v) is 1.61. The number of hydrogen-bond acceptors (Lipinski definition) is 2. The first-order valence-electron chi connectivity index (χ1n) is 4.73. The average molecular weight is 223 g/mol. The minimum absolute atomic E-state index is 0.133. The van der Waals surface area contributed by atoms with E-state index in [0.29, 0.717) is 11.2 Å². The summed E-state index contributed by atoms with van der Waals surface area (Å²) in [5.74, 6) is 0.517. The Morgan fingerprint density at radius 2 is 2.20 bits per heavy atom. The van der Waals surface area contributed by atoms with Crippen LogP contribution in [0.2, 0.25) is 0 Å². The lowest BCUT2D eigenvalue weighted by Crippen LogP contribution is -2.12. The maximum absolute atomic E-state index is 11.7. The summed E-state index contributed by atoms with van der Waals surface area (Å²) in [5.41, 5.74) is 1.58. The Bertz CT molecular complexity index is 560. The van der Waals surface area contributed by atoms with E-state index in [2.05, 4.69) is 9.97 Å². The number of hydrogen-bond donors (Lipinski definition) is 1. The van der Waals surface area contributed by atoms with Gasteiger partial charge in [0.1, 0.15) is 5.82 Å². The van der Waals surface area contributed by atoms with Crippen molar-refractivity contribution < 1.29 is 0 Å². The number of nitrogens with zero attached hydrogens (tertiary/aromatic N) is 1. The molecule has 15 heavy (non-hydrogen) atoms. The van der Waals surface area contributed by atoms with E-state index in [1.165, 1.54) is 0 Å². The summed E-state index contributed by atoms with van der Waals surface area (Å²) in [4.78, 5) is 18.7. The van der Waals surface area contributed by atoms with E-state index in [1.54, 1.807) is 13.0 Å². The van der Waals surface area contributed by atoms with E-state index < -0.39 is 0 Å². The molecular formula is C11H11ClN2O. The van der Waals surface area contributed by atoms with Gasteiger partial charge in [-0.05, 0) is 25.5 Å². The number of aromatic nitrogens is 2. The van der Waals surface area contributed by atoms with Crippen molar-refractivity contribution in [3.63, 3.8) is 0 Å². The molecule has 0 aliphatic rings. The van der Waals surface area contributed by atoms with Gasteiger partial charge in [-0.1, -0.05) is 12.1 Å². The Kier molecular flexibility index (Phi) is 2.49. The van der Waals surface area contributed by atoms with Gasteiger partial charge in [0, 0.05) is 0 Å². The first kappa shape index (κ1) is 10.2. The summed E-state index contributed by atoms with van der Waals surface area (Å²) in [6.45, 7) is 3.71. The first-order valence-corrected chi connectivity index (χ1v) is 5.17. The number of para-hydroxylation sites is 1. The Labute approximate surface area is 92.1 Å². The first-order chi connectivity index (χ1) is 7.09. The van der Waals surface area contributed by atoms with Crippen molar-refractivity contribution in [2.45, 2.75) is 19.2 Å². The van der Waals surface area contributed by atoms with Crippen molar-refractivity contribution in [2.24, 2.45) is 0 Å². The summed E-state index contributed by atoms with van der Waals surface area (Å²) in [6, 6.07) is 5.53. The monoisotopic (exact) mass is 222 g/mol. The van der Waals surface area contributed by atoms with E-state index in [9.17, 15) is 4.79 Å². The Hall–Kier alpha value is -1.35. The van der Waals surface area contributed by atoms with Crippen LogP contribution in [0.5, 0.6) is 0 Å². The van der Waals surface area contributed by atoms with Gasteiger partial charge in [-0.2, -0.15) is 0 Å². The van der Waals surface area contributed by atoms with Crippen molar-refractivity contribution in [3.05, 3.63) is 39.9 Å². The predicted octanol–water partition coefficient (Wildman–Crippen LogP) is 2.53. The van der Waals surface area contributed by atoms with Crippen molar-refractivity contribution in [1.29, 1.82) is 0 Å². The van der Waals surface area contributed by atoms with Crippen LogP contribution in [0.1, 0.15) is 23.7 Å². The van der Waals surface area contributed by atoms with Gasteiger partial charge in [0.15, 0.2) is 0 Å². The molecule has 1 aromatic heterocycles. The van der Waals surface area contributed by atoms with Crippen molar-refractivity contribution in [2.75, 3.05) is 0 Å². The lowest BCUT2D eigenvalue weighted by atomic mass is 10.1. The highest BCUT2D eigenvalue weighted by Gasteiger charge is 2.08. The Balaban J connectivity index is 2.86. The molecule has 1 N–H and O–H groups in total. The summed E-state index contributed by atoms with van der Waals surface area (Å²) in [6.07, 6.45) is 0. The van der Waals surface area contributed by atoms with Crippen LogP contribution < -0.4 is 5.56 Å². The molecule has 1 atom stereocenters. The van der Waals surface area contributed by atoms with Gasteiger partial charge in [0.2, 0.25) is 0 Å². The average Bonchev–Trinajstić information content (AvgIpc) is 2.19. The topological polar surface area (TPSA) is 45.8 Å². The molecule has 0 amide bonds. The van der Waals surface area contributed by atoms with E-state index in [1.807, 2.05) is 19.1 Å². The molecule has 0 radical (unpaired) electrons. The molecule has 0 spiro atoms. The molecule has 1 unspecified atom stereocenters. The standard InChI is InChI=1S/C11H11ClN2O/c1-6-4-3-5-8-9(6)13-10(7(2)12)14-11(8)15/h3-5,7H,1-2H3,(H,13,14,15). The van der Waals surface area contributed by atoms with Gasteiger partial charge in [-0.15, -0.1) is 11.6 Å². The number of alkyl halides is 1. The summed E-state index contributed by atoms with van der Waals surface area (Å²) < 4.78 is 0. The number of aryl methyl sites for hydroxylation is 1. The number of halogens is 1. The second-order valence-electron chi connectivity index (χ2n) is 3.54. The second kappa shape index (κ2) is 3.66. The smallest absolute Gasteiger partial charge is 0.258 e. The molecule has 1 aromatic carbocycles. The number of rotatable bonds is 1. The molecule has 0 saturated carbocycles. The lowest BCUT2D eigenvalue weighted by Gasteiger charge is -2.05. The van der Waals surface area contributed by atoms with Gasteiger partial charge in [0.05, 0.1) is 16.3 Å². The molecule has 2 rings (SSSR count). The highest BCUT2D eigenvalue weighted by molar-refractivity contribution is 6.20. The van der Waals surface area contributed by atoms with Crippen LogP contribution in [0.15, 0.2) is 23.0 Å². The van der Waals surface area contributed by atoms with Gasteiger partial charge in [-0.25, -0.2) is 4.98 Å². The van der Waals surface area contributed by atoms with Crippen LogP contribution in [0, 0.1) is 6.92 Å². The Morgan fingerprint density at radius 3 is 2.87 bits per heavy atom. The van der Waals surface area contributed by atoms with Gasteiger partial charge in [-0.3, -0.25) is 4.79 Å². The number of aromatic amines is 1. The highest BCUT2D eigenvalue weighted by Crippen LogP contribution is 2.17. The molecule has 3 nitrogen and oxygen atoms in total. The molecular weight excluding hydrogens is 212 g/mol. The third-order valence-corrected chi connectivity index (χ3v) is 2.54. The largest absolute Gasteiger partial charge is 0.309 e. The predicted molar refractivity (Wildman–Crippen MR) is 61.4 cm³/mol. The third kappa shape index (κ3) is 1.75. The van der Waals surface area contributed by atoms with Gasteiger partial charge < -0.3 is 4.98 Å². The number of fused-ring (bicyclic) bond motifs is 1. The van der Waals surface area contributed by atoms with Gasteiger partial charge in [0.25, 0.3) is 5.56 Å². The molecule has 1 heterocycles. The van der Waals surface area contributed by atoms with E-state index in [4.69, 9.17) is 11.6 Å². The highest BCUT2D eigenvalue weighted by atomic mass is 35.5. The molecule has 0 saturated heterocycles. The van der Waals surface area contributed by atoms with E-state index in [-0.39, 0.29) is 10.9 Å².